The van der Waals surface area contributed by atoms with E-state index in [1.165, 1.54) is 10.1 Å². The fourth-order valence-electron chi connectivity index (χ4n) is 1.58. The van der Waals surface area contributed by atoms with Crippen LogP contribution in [0, 0.1) is 0 Å². The Kier molecular flexibility index (Phi) is 1.96. The molecule has 0 atom stereocenters. The molecule has 1 aromatic carbocycles. The van der Waals surface area contributed by atoms with Crippen LogP contribution in [-0.4, -0.2) is 4.68 Å². The normalized spacial score (nSPS) is 10.7. The van der Waals surface area contributed by atoms with E-state index in [0.717, 1.165) is 5.69 Å². The molecule has 0 unspecified atom stereocenters. The van der Waals surface area contributed by atoms with E-state index in [2.05, 4.69) is 29.3 Å². The van der Waals surface area contributed by atoms with Crippen molar-refractivity contribution < 1.29 is 0 Å². The van der Waals surface area contributed by atoms with Crippen molar-refractivity contribution >= 4 is 27.1 Å². The van der Waals surface area contributed by atoms with Crippen molar-refractivity contribution in [3.8, 4) is 0 Å². The van der Waals surface area contributed by atoms with E-state index in [9.17, 15) is 0 Å². The van der Waals surface area contributed by atoms with Crippen LogP contribution in [0.5, 0.6) is 0 Å². The number of thiophene rings is 1. The SMILES string of the molecule is c1ccc(Nn2cc3ccsc3c2)cc1. The fraction of sp³-hybridized carbons (Fsp3) is 0. The lowest BCUT2D eigenvalue weighted by atomic mass is 10.3. The first-order valence-corrected chi connectivity index (χ1v) is 5.67. The Morgan fingerprint density at radius 1 is 1.00 bits per heavy atom. The quantitative estimate of drug-likeness (QED) is 0.690. The first-order chi connectivity index (χ1) is 7.42. The third kappa shape index (κ3) is 1.62. The van der Waals surface area contributed by atoms with Gasteiger partial charge in [0.15, 0.2) is 0 Å². The van der Waals surface area contributed by atoms with Gasteiger partial charge in [0.25, 0.3) is 0 Å². The molecule has 0 bridgehead atoms. The van der Waals surface area contributed by atoms with Gasteiger partial charge in [-0.2, -0.15) is 0 Å². The second-order valence-electron chi connectivity index (χ2n) is 3.38. The van der Waals surface area contributed by atoms with E-state index in [1.54, 1.807) is 11.3 Å². The molecule has 2 aromatic heterocycles. The lowest BCUT2D eigenvalue weighted by molar-refractivity contribution is 0.977. The van der Waals surface area contributed by atoms with Crippen LogP contribution in [0.4, 0.5) is 5.69 Å². The molecule has 0 aliphatic heterocycles. The average molecular weight is 214 g/mol. The highest BCUT2D eigenvalue weighted by molar-refractivity contribution is 7.17. The van der Waals surface area contributed by atoms with Crippen LogP contribution in [0.15, 0.2) is 54.2 Å². The topological polar surface area (TPSA) is 17.0 Å². The Labute approximate surface area is 91.7 Å². The highest BCUT2D eigenvalue weighted by Crippen LogP contribution is 2.21. The minimum Gasteiger partial charge on any atom is -0.295 e. The molecule has 0 saturated heterocycles. The van der Waals surface area contributed by atoms with Crippen molar-refractivity contribution in [1.29, 1.82) is 0 Å². The average Bonchev–Trinajstić information content (AvgIpc) is 2.79. The zero-order valence-corrected chi connectivity index (χ0v) is 8.87. The number of fused-ring (bicyclic) bond motifs is 1. The number of benzene rings is 1. The number of aromatic nitrogens is 1. The van der Waals surface area contributed by atoms with Crippen LogP contribution in [-0.2, 0) is 0 Å². The van der Waals surface area contributed by atoms with Crippen molar-refractivity contribution in [1.82, 2.24) is 4.68 Å². The van der Waals surface area contributed by atoms with Gasteiger partial charge in [0, 0.05) is 17.8 Å². The lowest BCUT2D eigenvalue weighted by Crippen LogP contribution is -2.04. The monoisotopic (exact) mass is 214 g/mol. The van der Waals surface area contributed by atoms with Gasteiger partial charge in [0.05, 0.1) is 10.4 Å². The highest BCUT2D eigenvalue weighted by atomic mass is 32.1. The smallest absolute Gasteiger partial charge is 0.0545 e. The summed E-state index contributed by atoms with van der Waals surface area (Å²) in [6, 6.07) is 12.3. The number of anilines is 1. The van der Waals surface area contributed by atoms with Crippen LogP contribution >= 0.6 is 11.3 Å². The minimum absolute atomic E-state index is 1.10. The number of hydrogen-bond donors (Lipinski definition) is 1. The second kappa shape index (κ2) is 3.44. The molecule has 0 spiro atoms. The highest BCUT2D eigenvalue weighted by Gasteiger charge is 1.98. The molecule has 2 nitrogen and oxygen atoms in total. The summed E-state index contributed by atoms with van der Waals surface area (Å²) in [5, 5.41) is 3.39. The molecular weight excluding hydrogens is 204 g/mol. The number of para-hydroxylation sites is 1. The van der Waals surface area contributed by atoms with Gasteiger partial charge < -0.3 is 0 Å². The summed E-state index contributed by atoms with van der Waals surface area (Å²) in [7, 11) is 0. The van der Waals surface area contributed by atoms with Crippen LogP contribution in [0.1, 0.15) is 0 Å². The van der Waals surface area contributed by atoms with Gasteiger partial charge in [-0.05, 0) is 23.6 Å². The summed E-state index contributed by atoms with van der Waals surface area (Å²) >= 11 is 1.76. The summed E-state index contributed by atoms with van der Waals surface area (Å²) < 4.78 is 3.30. The molecule has 3 heteroatoms. The van der Waals surface area contributed by atoms with Gasteiger partial charge in [0.1, 0.15) is 0 Å². The molecular formula is C12H10N2S. The van der Waals surface area contributed by atoms with Crippen molar-refractivity contribution in [2.75, 3.05) is 5.43 Å². The van der Waals surface area contributed by atoms with E-state index < -0.39 is 0 Å². The second-order valence-corrected chi connectivity index (χ2v) is 4.33. The maximum absolute atomic E-state index is 3.30. The molecule has 3 rings (SSSR count). The summed E-state index contributed by atoms with van der Waals surface area (Å²) in [6.07, 6.45) is 4.20. The molecule has 3 aromatic rings. The van der Waals surface area contributed by atoms with Crippen LogP contribution in [0.25, 0.3) is 10.1 Å². The summed E-state index contributed by atoms with van der Waals surface area (Å²) in [6.45, 7) is 0. The van der Waals surface area contributed by atoms with Gasteiger partial charge in [-0.1, -0.05) is 18.2 Å². The van der Waals surface area contributed by atoms with E-state index in [0.29, 0.717) is 0 Å². The first kappa shape index (κ1) is 8.56. The van der Waals surface area contributed by atoms with Crippen molar-refractivity contribution in [2.45, 2.75) is 0 Å². The molecule has 15 heavy (non-hydrogen) atoms. The van der Waals surface area contributed by atoms with E-state index in [-0.39, 0.29) is 0 Å². The van der Waals surface area contributed by atoms with Crippen molar-refractivity contribution in [3.05, 3.63) is 54.2 Å². The predicted molar refractivity (Wildman–Crippen MR) is 65.3 cm³/mol. The molecule has 0 fully saturated rings. The third-order valence-electron chi connectivity index (χ3n) is 2.29. The summed E-state index contributed by atoms with van der Waals surface area (Å²) in [5.74, 6) is 0. The van der Waals surface area contributed by atoms with E-state index >= 15 is 0 Å². The molecule has 0 amide bonds. The molecule has 1 N–H and O–H groups in total. The van der Waals surface area contributed by atoms with Gasteiger partial charge in [-0.25, -0.2) is 0 Å². The maximum Gasteiger partial charge on any atom is 0.0545 e. The van der Waals surface area contributed by atoms with Crippen molar-refractivity contribution in [3.63, 3.8) is 0 Å². The number of nitrogens with one attached hydrogen (secondary N) is 1. The standard InChI is InChI=1S/C12H10N2S/c1-2-4-11(5-3-1)13-14-8-10-6-7-15-12(10)9-14/h1-9,13H. The van der Waals surface area contributed by atoms with Gasteiger partial charge >= 0.3 is 0 Å². The molecule has 74 valence electrons. The zero-order chi connectivity index (χ0) is 10.1. The maximum atomic E-state index is 3.30. The number of nitrogens with zero attached hydrogens (tertiary/aromatic N) is 1. The number of rotatable bonds is 2. The lowest BCUT2D eigenvalue weighted by Gasteiger charge is -2.05. The molecule has 0 saturated carbocycles. The number of hydrogen-bond acceptors (Lipinski definition) is 2. The van der Waals surface area contributed by atoms with Gasteiger partial charge in [-0.3, -0.25) is 10.1 Å². The molecule has 0 aliphatic carbocycles. The van der Waals surface area contributed by atoms with Crippen molar-refractivity contribution in [2.24, 2.45) is 0 Å². The van der Waals surface area contributed by atoms with Gasteiger partial charge in [0.2, 0.25) is 0 Å². The van der Waals surface area contributed by atoms with E-state index in [1.807, 2.05) is 35.0 Å². The summed E-state index contributed by atoms with van der Waals surface area (Å²) in [5.41, 5.74) is 4.40. The Morgan fingerprint density at radius 3 is 2.67 bits per heavy atom. The summed E-state index contributed by atoms with van der Waals surface area (Å²) in [4.78, 5) is 0. The third-order valence-corrected chi connectivity index (χ3v) is 3.16. The zero-order valence-electron chi connectivity index (χ0n) is 8.05. The largest absolute Gasteiger partial charge is 0.295 e. The Morgan fingerprint density at radius 2 is 1.87 bits per heavy atom. The Balaban J connectivity index is 1.93. The minimum atomic E-state index is 1.10. The Bertz CT molecular complexity index is 537. The Hall–Kier alpha value is -1.74. The molecule has 0 aliphatic rings. The van der Waals surface area contributed by atoms with E-state index in [4.69, 9.17) is 0 Å². The van der Waals surface area contributed by atoms with Crippen LogP contribution in [0.3, 0.4) is 0 Å². The molecule has 2 heterocycles. The van der Waals surface area contributed by atoms with Gasteiger partial charge in [-0.15, -0.1) is 11.3 Å². The molecule has 0 radical (unpaired) electrons. The fourth-order valence-corrected chi connectivity index (χ4v) is 2.37. The van der Waals surface area contributed by atoms with Crippen LogP contribution in [0.2, 0.25) is 0 Å². The first-order valence-electron chi connectivity index (χ1n) is 4.79. The predicted octanol–water partition coefficient (Wildman–Crippen LogP) is 3.58. The van der Waals surface area contributed by atoms with Crippen LogP contribution < -0.4 is 5.43 Å².